The molecule has 1 N–H and O–H groups in total. The SMILES string of the molecule is CCc1noc2c1C(C(=O)O)CC2. The normalized spacial score (nSPS) is 20.2. The first-order valence-electron chi connectivity index (χ1n) is 4.44. The Morgan fingerprint density at radius 1 is 1.77 bits per heavy atom. The van der Waals surface area contributed by atoms with Gasteiger partial charge in [0.25, 0.3) is 0 Å². The van der Waals surface area contributed by atoms with Crippen LogP contribution >= 0.6 is 0 Å². The van der Waals surface area contributed by atoms with Crippen LogP contribution in [0.5, 0.6) is 0 Å². The first-order valence-corrected chi connectivity index (χ1v) is 4.44. The average Bonchev–Trinajstić information content (AvgIpc) is 2.61. The molecule has 0 aliphatic heterocycles. The van der Waals surface area contributed by atoms with E-state index in [9.17, 15) is 4.79 Å². The summed E-state index contributed by atoms with van der Waals surface area (Å²) in [6.45, 7) is 1.95. The molecule has 0 spiro atoms. The van der Waals surface area contributed by atoms with E-state index in [1.54, 1.807) is 0 Å². The molecule has 0 radical (unpaired) electrons. The van der Waals surface area contributed by atoms with E-state index in [1.165, 1.54) is 0 Å². The number of nitrogens with zero attached hydrogens (tertiary/aromatic N) is 1. The second kappa shape index (κ2) is 2.87. The molecule has 4 heteroatoms. The Kier molecular flexibility index (Phi) is 1.83. The van der Waals surface area contributed by atoms with E-state index >= 15 is 0 Å². The van der Waals surface area contributed by atoms with Crippen molar-refractivity contribution in [3.8, 4) is 0 Å². The van der Waals surface area contributed by atoms with Crippen LogP contribution in [0.3, 0.4) is 0 Å². The predicted molar refractivity (Wildman–Crippen MR) is 44.6 cm³/mol. The molecule has 0 aromatic carbocycles. The molecule has 2 rings (SSSR count). The van der Waals surface area contributed by atoms with Crippen molar-refractivity contribution in [3.05, 3.63) is 17.0 Å². The van der Waals surface area contributed by atoms with Crippen molar-refractivity contribution in [1.29, 1.82) is 0 Å². The van der Waals surface area contributed by atoms with Gasteiger partial charge in [-0.1, -0.05) is 12.1 Å². The summed E-state index contributed by atoms with van der Waals surface area (Å²) in [5.41, 5.74) is 1.63. The van der Waals surface area contributed by atoms with Crippen molar-refractivity contribution in [3.63, 3.8) is 0 Å². The van der Waals surface area contributed by atoms with Crippen molar-refractivity contribution in [2.75, 3.05) is 0 Å². The maximum Gasteiger partial charge on any atom is 0.311 e. The molecule has 1 aliphatic carbocycles. The molecule has 4 nitrogen and oxygen atoms in total. The van der Waals surface area contributed by atoms with E-state index in [4.69, 9.17) is 9.63 Å². The zero-order chi connectivity index (χ0) is 9.42. The molecule has 0 saturated heterocycles. The minimum absolute atomic E-state index is 0.392. The highest BCUT2D eigenvalue weighted by molar-refractivity contribution is 5.77. The van der Waals surface area contributed by atoms with Crippen LogP contribution in [0.2, 0.25) is 0 Å². The highest BCUT2D eigenvalue weighted by Gasteiger charge is 2.34. The van der Waals surface area contributed by atoms with Crippen molar-refractivity contribution < 1.29 is 14.4 Å². The van der Waals surface area contributed by atoms with E-state index in [2.05, 4.69) is 5.16 Å². The fourth-order valence-corrected chi connectivity index (χ4v) is 1.87. The lowest BCUT2D eigenvalue weighted by molar-refractivity contribution is -0.138. The number of aryl methyl sites for hydroxylation is 2. The zero-order valence-corrected chi connectivity index (χ0v) is 7.41. The number of carboxylic acids is 1. The number of carbonyl (C=O) groups is 1. The van der Waals surface area contributed by atoms with E-state index in [0.29, 0.717) is 12.8 Å². The van der Waals surface area contributed by atoms with Gasteiger partial charge in [-0.15, -0.1) is 0 Å². The van der Waals surface area contributed by atoms with Gasteiger partial charge in [-0.25, -0.2) is 0 Å². The molecule has 1 heterocycles. The van der Waals surface area contributed by atoms with E-state index in [0.717, 1.165) is 23.4 Å². The maximum absolute atomic E-state index is 10.9. The second-order valence-electron chi connectivity index (χ2n) is 3.25. The molecule has 13 heavy (non-hydrogen) atoms. The molecule has 0 fully saturated rings. The lowest BCUT2D eigenvalue weighted by Crippen LogP contribution is -2.09. The van der Waals surface area contributed by atoms with E-state index in [-0.39, 0.29) is 0 Å². The van der Waals surface area contributed by atoms with Crippen molar-refractivity contribution >= 4 is 5.97 Å². The van der Waals surface area contributed by atoms with Gasteiger partial charge in [0.05, 0.1) is 11.6 Å². The van der Waals surface area contributed by atoms with Crippen LogP contribution in [-0.4, -0.2) is 16.2 Å². The molecular formula is C9H11NO3. The number of carboxylic acid groups (broad SMARTS) is 1. The van der Waals surface area contributed by atoms with Crippen LogP contribution in [0.1, 0.15) is 36.3 Å². The first kappa shape index (κ1) is 8.29. The van der Waals surface area contributed by atoms with Gasteiger partial charge in [-0.05, 0) is 12.8 Å². The summed E-state index contributed by atoms with van der Waals surface area (Å²) in [5.74, 6) is -0.392. The smallest absolute Gasteiger partial charge is 0.311 e. The van der Waals surface area contributed by atoms with Gasteiger partial charge in [0, 0.05) is 12.0 Å². The zero-order valence-electron chi connectivity index (χ0n) is 7.41. The number of hydrogen-bond acceptors (Lipinski definition) is 3. The van der Waals surface area contributed by atoms with E-state index < -0.39 is 11.9 Å². The highest BCUT2D eigenvalue weighted by Crippen LogP contribution is 2.35. The van der Waals surface area contributed by atoms with Gasteiger partial charge in [-0.3, -0.25) is 4.79 Å². The van der Waals surface area contributed by atoms with Crippen molar-refractivity contribution in [2.24, 2.45) is 0 Å². The monoisotopic (exact) mass is 181 g/mol. The summed E-state index contributed by atoms with van der Waals surface area (Å²) in [5, 5.41) is 12.8. The largest absolute Gasteiger partial charge is 0.481 e. The minimum Gasteiger partial charge on any atom is -0.481 e. The molecule has 70 valence electrons. The van der Waals surface area contributed by atoms with Crippen molar-refractivity contribution in [1.82, 2.24) is 5.16 Å². The molecule has 1 atom stereocenters. The van der Waals surface area contributed by atoms with Crippen LogP contribution in [0, 0.1) is 0 Å². The minimum atomic E-state index is -0.767. The van der Waals surface area contributed by atoms with Gasteiger partial charge in [0.15, 0.2) is 0 Å². The lowest BCUT2D eigenvalue weighted by Gasteiger charge is -2.02. The van der Waals surface area contributed by atoms with Crippen LogP contribution in [-0.2, 0) is 17.6 Å². The number of fused-ring (bicyclic) bond motifs is 1. The molecule has 1 aliphatic rings. The summed E-state index contributed by atoms with van der Waals surface area (Å²) < 4.78 is 5.07. The Labute approximate surface area is 75.5 Å². The number of aliphatic carboxylic acids is 1. The number of aromatic nitrogens is 1. The van der Waals surface area contributed by atoms with Gasteiger partial charge >= 0.3 is 5.97 Å². The Morgan fingerprint density at radius 2 is 2.54 bits per heavy atom. The van der Waals surface area contributed by atoms with Crippen LogP contribution in [0.15, 0.2) is 4.52 Å². The summed E-state index contributed by atoms with van der Waals surface area (Å²) in [6.07, 6.45) is 2.10. The topological polar surface area (TPSA) is 63.3 Å². The fraction of sp³-hybridized carbons (Fsp3) is 0.556. The van der Waals surface area contributed by atoms with Crippen LogP contribution in [0.4, 0.5) is 0 Å². The average molecular weight is 181 g/mol. The lowest BCUT2D eigenvalue weighted by atomic mass is 10.0. The van der Waals surface area contributed by atoms with Gasteiger partial charge < -0.3 is 9.63 Å². The number of hydrogen-bond donors (Lipinski definition) is 1. The molecule has 0 amide bonds. The molecule has 1 unspecified atom stereocenters. The highest BCUT2D eigenvalue weighted by atomic mass is 16.5. The fourth-order valence-electron chi connectivity index (χ4n) is 1.87. The Hall–Kier alpha value is -1.32. The Balaban J connectivity index is 2.43. The molecular weight excluding hydrogens is 170 g/mol. The molecule has 1 aromatic heterocycles. The Morgan fingerprint density at radius 3 is 3.15 bits per heavy atom. The van der Waals surface area contributed by atoms with Crippen molar-refractivity contribution in [2.45, 2.75) is 32.1 Å². The predicted octanol–water partition coefficient (Wildman–Crippen LogP) is 1.35. The summed E-state index contributed by atoms with van der Waals surface area (Å²) >= 11 is 0. The van der Waals surface area contributed by atoms with E-state index in [1.807, 2.05) is 6.92 Å². The standard InChI is InChI=1S/C9H11NO3/c1-2-6-8-5(9(11)12)3-4-7(8)13-10-6/h5H,2-4H2,1H3,(H,11,12). The third-order valence-corrected chi connectivity index (χ3v) is 2.52. The van der Waals surface area contributed by atoms with Gasteiger partial charge in [-0.2, -0.15) is 0 Å². The summed E-state index contributed by atoms with van der Waals surface area (Å²) in [6, 6.07) is 0. The van der Waals surface area contributed by atoms with Crippen LogP contribution < -0.4 is 0 Å². The second-order valence-corrected chi connectivity index (χ2v) is 3.25. The Bertz CT molecular complexity index is 343. The molecule has 0 bridgehead atoms. The quantitative estimate of drug-likeness (QED) is 0.748. The third-order valence-electron chi connectivity index (χ3n) is 2.52. The van der Waals surface area contributed by atoms with Gasteiger partial charge in [0.2, 0.25) is 0 Å². The third kappa shape index (κ3) is 1.13. The summed E-state index contributed by atoms with van der Waals surface area (Å²) in [7, 11) is 0. The van der Waals surface area contributed by atoms with Gasteiger partial charge in [0.1, 0.15) is 5.76 Å². The van der Waals surface area contributed by atoms with Crippen LogP contribution in [0.25, 0.3) is 0 Å². The first-order chi connectivity index (χ1) is 6.24. The maximum atomic E-state index is 10.9. The molecule has 0 saturated carbocycles. The molecule has 1 aromatic rings. The number of rotatable bonds is 2. The summed E-state index contributed by atoms with van der Waals surface area (Å²) in [4.78, 5) is 10.9.